The lowest BCUT2D eigenvalue weighted by Gasteiger charge is -2.15. The molecule has 1 N–H and O–H groups in total. The number of hydrogen-bond donors (Lipinski definition) is 1. The molecule has 1 atom stereocenters. The summed E-state index contributed by atoms with van der Waals surface area (Å²) in [4.78, 5) is 24.7. The zero-order valence-corrected chi connectivity index (χ0v) is 54.4. The van der Waals surface area contributed by atoms with E-state index >= 15 is 0 Å². The lowest BCUT2D eigenvalue weighted by atomic mass is 10.0. The number of hydrogen-bond acceptors (Lipinski definition) is 5. The van der Waals surface area contributed by atoms with Crippen molar-refractivity contribution in [3.63, 3.8) is 0 Å². The maximum atomic E-state index is 12.4. The molecule has 0 aromatic heterocycles. The molecule has 5 heteroatoms. The summed E-state index contributed by atoms with van der Waals surface area (Å²) in [6.45, 7) is 3.92. The number of aliphatic hydroxyl groups is 1. The van der Waals surface area contributed by atoms with E-state index in [2.05, 4.69) is 184 Å². The number of carbonyl (C=O) groups excluding carboxylic acids is 2. The summed E-state index contributed by atoms with van der Waals surface area (Å²) in [5, 5.41) is 9.71. The van der Waals surface area contributed by atoms with Crippen molar-refractivity contribution in [3.05, 3.63) is 170 Å². The maximum Gasteiger partial charge on any atom is 0.306 e. The lowest BCUT2D eigenvalue weighted by Crippen LogP contribution is -2.28. The van der Waals surface area contributed by atoms with Crippen LogP contribution in [0.1, 0.15) is 296 Å². The summed E-state index contributed by atoms with van der Waals surface area (Å²) in [6, 6.07) is 0. The van der Waals surface area contributed by atoms with Gasteiger partial charge in [0.25, 0.3) is 0 Å². The van der Waals surface area contributed by atoms with Crippen molar-refractivity contribution in [3.8, 4) is 0 Å². The van der Waals surface area contributed by atoms with Gasteiger partial charge in [0.1, 0.15) is 6.61 Å². The predicted octanol–water partition coefficient (Wildman–Crippen LogP) is 24.4. The summed E-state index contributed by atoms with van der Waals surface area (Å²) < 4.78 is 10.8. The van der Waals surface area contributed by atoms with E-state index in [0.29, 0.717) is 12.8 Å². The Balaban J connectivity index is 3.54. The molecule has 84 heavy (non-hydrogen) atoms. The Bertz CT molecular complexity index is 1840. The molecule has 0 fully saturated rings. The number of aliphatic hydroxyl groups excluding tert-OH is 1. The van der Waals surface area contributed by atoms with E-state index in [1.807, 2.05) is 0 Å². The van der Waals surface area contributed by atoms with Crippen molar-refractivity contribution in [2.75, 3.05) is 13.2 Å². The largest absolute Gasteiger partial charge is 0.462 e. The standard InChI is InChI=1S/C79H128O5/c1-3-5-7-9-11-13-15-17-19-21-23-25-27-29-31-33-35-36-37-38-39-40-41-42-44-46-48-50-52-54-56-58-60-62-64-66-68-70-72-74-79(82)84-77(75-80)76-83-78(81)73-71-69-67-65-63-61-59-57-55-53-51-49-47-45-43-34-32-30-28-26-24-22-20-18-16-14-12-10-8-6-4-2/h5-8,11-14,17-20,23-26,29-32,35-36,38-39,41-42,46,48,77,80H,3-4,9-10,15-16,21-22,27-28,33-34,37,40,43-45,47,49-76H2,1-2H3/b7-5-,8-6-,13-11-,14-12-,19-17-,20-18-,25-23-,26-24-,31-29-,32-30-,36-35-,39-38-,42-41-,48-46-. The SMILES string of the molecule is CC/C=C\C/C=C\C/C=C\C/C=C\C/C=C\C/C=C\C/C=C\C/C=C\C/C=C\CCCCCCCCCCCCCC(=O)OC(CO)COC(=O)CCCCCCCCCCCCCCCCC/C=C\C/C=C\C/C=C\C/C=C\C/C=C\CC. The quantitative estimate of drug-likeness (QED) is 0.0373. The summed E-state index contributed by atoms with van der Waals surface area (Å²) in [5.41, 5.74) is 0. The van der Waals surface area contributed by atoms with Crippen LogP contribution in [0.2, 0.25) is 0 Å². The topological polar surface area (TPSA) is 72.8 Å². The lowest BCUT2D eigenvalue weighted by molar-refractivity contribution is -0.161. The van der Waals surface area contributed by atoms with Gasteiger partial charge in [0.2, 0.25) is 0 Å². The molecule has 0 aliphatic carbocycles. The molecule has 0 saturated carbocycles. The van der Waals surface area contributed by atoms with Gasteiger partial charge < -0.3 is 14.6 Å². The van der Waals surface area contributed by atoms with Crippen LogP contribution in [-0.2, 0) is 19.1 Å². The van der Waals surface area contributed by atoms with Crippen molar-refractivity contribution >= 4 is 11.9 Å². The molecule has 0 spiro atoms. The van der Waals surface area contributed by atoms with Gasteiger partial charge in [0.15, 0.2) is 6.10 Å². The van der Waals surface area contributed by atoms with Crippen LogP contribution in [0.25, 0.3) is 0 Å². The molecule has 0 aliphatic heterocycles. The van der Waals surface area contributed by atoms with Crippen molar-refractivity contribution < 1.29 is 24.2 Å². The van der Waals surface area contributed by atoms with Gasteiger partial charge in [-0.2, -0.15) is 0 Å². The number of rotatable bonds is 62. The van der Waals surface area contributed by atoms with Crippen LogP contribution in [-0.4, -0.2) is 36.4 Å². The van der Waals surface area contributed by atoms with E-state index in [0.717, 1.165) is 128 Å². The fourth-order valence-electron chi connectivity index (χ4n) is 9.40. The predicted molar refractivity (Wildman–Crippen MR) is 370 cm³/mol. The zero-order valence-electron chi connectivity index (χ0n) is 54.4. The molecule has 0 heterocycles. The van der Waals surface area contributed by atoms with Gasteiger partial charge in [-0.05, 0) is 128 Å². The van der Waals surface area contributed by atoms with Gasteiger partial charge in [-0.15, -0.1) is 0 Å². The second-order valence-corrected chi connectivity index (χ2v) is 22.5. The third-order valence-corrected chi connectivity index (χ3v) is 14.5. The van der Waals surface area contributed by atoms with E-state index in [1.54, 1.807) is 0 Å². The van der Waals surface area contributed by atoms with Crippen molar-refractivity contribution in [1.82, 2.24) is 0 Å². The normalized spacial score (nSPS) is 13.3. The van der Waals surface area contributed by atoms with E-state index in [9.17, 15) is 14.7 Å². The summed E-state index contributed by atoms with van der Waals surface area (Å²) in [6.07, 6.45) is 112. The van der Waals surface area contributed by atoms with Crippen LogP contribution >= 0.6 is 0 Å². The van der Waals surface area contributed by atoms with Crippen molar-refractivity contribution in [1.29, 1.82) is 0 Å². The van der Waals surface area contributed by atoms with Crippen LogP contribution < -0.4 is 0 Å². The first kappa shape index (κ1) is 79.3. The molecule has 5 nitrogen and oxygen atoms in total. The fourth-order valence-corrected chi connectivity index (χ4v) is 9.40. The number of unbranched alkanes of at least 4 members (excludes halogenated alkanes) is 26. The summed E-state index contributed by atoms with van der Waals surface area (Å²) >= 11 is 0. The van der Waals surface area contributed by atoms with E-state index in [-0.39, 0.29) is 25.2 Å². The van der Waals surface area contributed by atoms with Gasteiger partial charge in [-0.3, -0.25) is 9.59 Å². The zero-order chi connectivity index (χ0) is 60.5. The van der Waals surface area contributed by atoms with Gasteiger partial charge >= 0.3 is 11.9 Å². The van der Waals surface area contributed by atoms with Crippen molar-refractivity contribution in [2.45, 2.75) is 302 Å². The van der Waals surface area contributed by atoms with Gasteiger partial charge in [-0.1, -0.05) is 325 Å². The third kappa shape index (κ3) is 69.8. The number of esters is 2. The first-order chi connectivity index (χ1) is 41.6. The summed E-state index contributed by atoms with van der Waals surface area (Å²) in [5.74, 6) is -0.596. The first-order valence-corrected chi connectivity index (χ1v) is 34.7. The number of ether oxygens (including phenoxy) is 2. The molecule has 0 rings (SSSR count). The first-order valence-electron chi connectivity index (χ1n) is 34.7. The smallest absolute Gasteiger partial charge is 0.306 e. The highest BCUT2D eigenvalue weighted by Gasteiger charge is 2.16. The summed E-state index contributed by atoms with van der Waals surface area (Å²) in [7, 11) is 0. The highest BCUT2D eigenvalue weighted by atomic mass is 16.6. The molecule has 0 aromatic carbocycles. The van der Waals surface area contributed by atoms with Gasteiger partial charge in [0, 0.05) is 12.8 Å². The van der Waals surface area contributed by atoms with Crippen LogP contribution in [0.4, 0.5) is 0 Å². The highest BCUT2D eigenvalue weighted by Crippen LogP contribution is 2.16. The maximum absolute atomic E-state index is 12.4. The molecule has 474 valence electrons. The average Bonchev–Trinajstić information content (AvgIpc) is 3.51. The van der Waals surface area contributed by atoms with Crippen LogP contribution in [0.15, 0.2) is 170 Å². The molecule has 0 aliphatic rings. The fraction of sp³-hybridized carbons (Fsp3) is 0.620. The second kappa shape index (κ2) is 72.5. The monoisotopic (exact) mass is 1160 g/mol. The van der Waals surface area contributed by atoms with Gasteiger partial charge in [-0.25, -0.2) is 0 Å². The third-order valence-electron chi connectivity index (χ3n) is 14.5. The van der Waals surface area contributed by atoms with Crippen LogP contribution in [0.3, 0.4) is 0 Å². The Morgan fingerprint density at radius 1 is 0.274 bits per heavy atom. The molecule has 0 saturated heterocycles. The molecular weight excluding hydrogens is 1030 g/mol. The van der Waals surface area contributed by atoms with Crippen LogP contribution in [0.5, 0.6) is 0 Å². The molecule has 0 bridgehead atoms. The Kier molecular flexibility index (Phi) is 68.4. The van der Waals surface area contributed by atoms with Crippen LogP contribution in [0, 0.1) is 0 Å². The Labute approximate surface area is 519 Å². The Morgan fingerprint density at radius 2 is 0.476 bits per heavy atom. The molecule has 0 radical (unpaired) electrons. The Hall–Kier alpha value is -4.74. The molecule has 1 unspecified atom stereocenters. The second-order valence-electron chi connectivity index (χ2n) is 22.5. The average molecular weight is 1160 g/mol. The molecule has 0 aromatic rings. The minimum Gasteiger partial charge on any atom is -0.462 e. The minimum atomic E-state index is -0.786. The minimum absolute atomic E-state index is 0.0742. The van der Waals surface area contributed by atoms with Crippen molar-refractivity contribution in [2.24, 2.45) is 0 Å². The number of allylic oxidation sites excluding steroid dienone is 28. The Morgan fingerprint density at radius 3 is 0.714 bits per heavy atom. The molecular formula is C79H128O5. The van der Waals surface area contributed by atoms with Gasteiger partial charge in [0.05, 0.1) is 6.61 Å². The number of carbonyl (C=O) groups is 2. The molecule has 0 amide bonds. The van der Waals surface area contributed by atoms with E-state index in [1.165, 1.54) is 141 Å². The van der Waals surface area contributed by atoms with E-state index < -0.39 is 6.10 Å². The highest BCUT2D eigenvalue weighted by molar-refractivity contribution is 5.70. The van der Waals surface area contributed by atoms with E-state index in [4.69, 9.17) is 9.47 Å².